The first-order valence-corrected chi connectivity index (χ1v) is 12.3. The molecule has 9 heteroatoms. The van der Waals surface area contributed by atoms with Crippen LogP contribution in [0.5, 0.6) is 0 Å². The number of nitrogens with zero attached hydrogens (tertiary/aromatic N) is 2. The minimum Gasteiger partial charge on any atom is -0.357 e. The van der Waals surface area contributed by atoms with Gasteiger partial charge in [0.1, 0.15) is 17.3 Å². The van der Waals surface area contributed by atoms with Gasteiger partial charge in [0.05, 0.1) is 0 Å². The van der Waals surface area contributed by atoms with E-state index in [1.807, 2.05) is 30.3 Å². The molecule has 0 unspecified atom stereocenters. The highest BCUT2D eigenvalue weighted by Gasteiger charge is 2.33. The van der Waals surface area contributed by atoms with Crippen LogP contribution >= 0.6 is 0 Å². The standard InChI is InChI=1S/C27H30N6O3/c1-16-3-5-18(6-4-16)23(32-25(34)22-12-14-30-33(22)2)27(36)31-19-9-7-17(8-10-19)21-15-29-26(35)24-20(21)11-13-28-24/h7-16,18,23,28H,3-6H2,1-2H3,(H,29,35)(H,31,36)(H,32,34)/t16?,18?,23-/m0/s1. The third kappa shape index (κ3) is 4.68. The van der Waals surface area contributed by atoms with Gasteiger partial charge < -0.3 is 20.6 Å². The third-order valence-corrected chi connectivity index (χ3v) is 7.23. The van der Waals surface area contributed by atoms with Crippen molar-refractivity contribution in [1.82, 2.24) is 25.1 Å². The van der Waals surface area contributed by atoms with Crippen LogP contribution in [0.3, 0.4) is 0 Å². The molecule has 186 valence electrons. The van der Waals surface area contributed by atoms with Gasteiger partial charge >= 0.3 is 0 Å². The Balaban J connectivity index is 1.35. The van der Waals surface area contributed by atoms with Crippen molar-refractivity contribution in [3.8, 4) is 11.1 Å². The molecule has 1 fully saturated rings. The van der Waals surface area contributed by atoms with Crippen molar-refractivity contribution >= 4 is 28.4 Å². The van der Waals surface area contributed by atoms with Crippen LogP contribution in [0.15, 0.2) is 59.8 Å². The van der Waals surface area contributed by atoms with E-state index in [0.717, 1.165) is 42.2 Å². The van der Waals surface area contributed by atoms with E-state index >= 15 is 0 Å². The van der Waals surface area contributed by atoms with Crippen LogP contribution < -0.4 is 16.2 Å². The summed E-state index contributed by atoms with van der Waals surface area (Å²) in [7, 11) is 1.71. The second-order valence-corrected chi connectivity index (χ2v) is 9.68. The number of pyridine rings is 1. The van der Waals surface area contributed by atoms with Crippen molar-refractivity contribution in [1.29, 1.82) is 0 Å². The first-order valence-electron chi connectivity index (χ1n) is 12.3. The summed E-state index contributed by atoms with van der Waals surface area (Å²) in [5.74, 6) is 0.165. The molecule has 3 aromatic heterocycles. The number of carbonyl (C=O) groups is 2. The molecule has 0 radical (unpaired) electrons. The third-order valence-electron chi connectivity index (χ3n) is 7.23. The number of nitrogens with one attached hydrogen (secondary N) is 4. The Kier molecular flexibility index (Phi) is 6.45. The predicted molar refractivity (Wildman–Crippen MR) is 139 cm³/mol. The van der Waals surface area contributed by atoms with Crippen molar-refractivity contribution < 1.29 is 9.59 Å². The number of aromatic amines is 2. The topological polar surface area (TPSA) is 125 Å². The van der Waals surface area contributed by atoms with Gasteiger partial charge in [0.25, 0.3) is 11.5 Å². The van der Waals surface area contributed by atoms with Crippen LogP contribution in [-0.2, 0) is 11.8 Å². The first-order chi connectivity index (χ1) is 17.4. The minimum absolute atomic E-state index is 0.0701. The van der Waals surface area contributed by atoms with Gasteiger partial charge in [-0.3, -0.25) is 19.1 Å². The van der Waals surface area contributed by atoms with E-state index in [-0.39, 0.29) is 23.3 Å². The molecular formula is C27H30N6O3. The van der Waals surface area contributed by atoms with E-state index in [0.29, 0.717) is 22.8 Å². The highest BCUT2D eigenvalue weighted by Crippen LogP contribution is 2.31. The van der Waals surface area contributed by atoms with Crippen molar-refractivity contribution in [2.45, 2.75) is 38.6 Å². The lowest BCUT2D eigenvalue weighted by Gasteiger charge is -2.32. The molecule has 36 heavy (non-hydrogen) atoms. The smallest absolute Gasteiger partial charge is 0.272 e. The zero-order chi connectivity index (χ0) is 25.2. The second kappa shape index (κ2) is 9.85. The Bertz CT molecular complexity index is 1440. The largest absolute Gasteiger partial charge is 0.357 e. The summed E-state index contributed by atoms with van der Waals surface area (Å²) in [6.45, 7) is 2.23. The van der Waals surface area contributed by atoms with Crippen LogP contribution in [0.4, 0.5) is 5.69 Å². The van der Waals surface area contributed by atoms with Crippen LogP contribution in [0.2, 0.25) is 0 Å². The quantitative estimate of drug-likeness (QED) is 0.331. The van der Waals surface area contributed by atoms with Gasteiger partial charge in [-0.25, -0.2) is 0 Å². The van der Waals surface area contributed by atoms with Crippen LogP contribution in [0.1, 0.15) is 43.1 Å². The average Bonchev–Trinajstić information content (AvgIpc) is 3.54. The number of aromatic nitrogens is 4. The van der Waals surface area contributed by atoms with Gasteiger partial charge in [-0.15, -0.1) is 0 Å². The van der Waals surface area contributed by atoms with Crippen LogP contribution in [0, 0.1) is 11.8 Å². The van der Waals surface area contributed by atoms with Gasteiger partial charge in [-0.1, -0.05) is 31.9 Å². The minimum atomic E-state index is -0.641. The molecule has 1 aliphatic rings. The normalized spacial score (nSPS) is 18.6. The second-order valence-electron chi connectivity index (χ2n) is 9.68. The lowest BCUT2D eigenvalue weighted by atomic mass is 9.79. The number of carbonyl (C=O) groups excluding carboxylic acids is 2. The van der Waals surface area contributed by atoms with Crippen molar-refractivity contribution in [2.75, 3.05) is 5.32 Å². The maximum absolute atomic E-state index is 13.4. The van der Waals surface area contributed by atoms with Gasteiger partial charge in [0.2, 0.25) is 5.91 Å². The molecule has 0 aliphatic heterocycles. The molecule has 4 aromatic rings. The average molecular weight is 487 g/mol. The number of anilines is 1. The first kappa shape index (κ1) is 23.6. The zero-order valence-electron chi connectivity index (χ0n) is 20.4. The highest BCUT2D eigenvalue weighted by molar-refractivity contribution is 6.01. The summed E-state index contributed by atoms with van der Waals surface area (Å²) in [5, 5.41) is 10.9. The van der Waals surface area contributed by atoms with E-state index in [1.165, 1.54) is 4.68 Å². The van der Waals surface area contributed by atoms with Crippen molar-refractivity contribution in [3.63, 3.8) is 0 Å². The van der Waals surface area contributed by atoms with Crippen LogP contribution in [-0.4, -0.2) is 37.6 Å². The molecular weight excluding hydrogens is 456 g/mol. The summed E-state index contributed by atoms with van der Waals surface area (Å²) in [5.41, 5.74) is 3.22. The SMILES string of the molecule is CC1CCC([C@H](NC(=O)c2ccnn2C)C(=O)Nc2ccc(-c3c[nH]c(=O)c4[nH]ccc34)cc2)CC1. The van der Waals surface area contributed by atoms with E-state index < -0.39 is 6.04 Å². The Morgan fingerprint density at radius 3 is 2.50 bits per heavy atom. The maximum Gasteiger partial charge on any atom is 0.272 e. The van der Waals surface area contributed by atoms with E-state index in [9.17, 15) is 14.4 Å². The number of rotatable bonds is 6. The summed E-state index contributed by atoms with van der Waals surface area (Å²) in [6.07, 6.45) is 8.86. The molecule has 1 aromatic carbocycles. The van der Waals surface area contributed by atoms with Gasteiger partial charge in [0.15, 0.2) is 0 Å². The monoisotopic (exact) mass is 486 g/mol. The summed E-state index contributed by atoms with van der Waals surface area (Å²) in [4.78, 5) is 44.1. The Morgan fingerprint density at radius 1 is 1.06 bits per heavy atom. The van der Waals surface area contributed by atoms with Gasteiger partial charge in [0, 0.05) is 42.3 Å². The van der Waals surface area contributed by atoms with Gasteiger partial charge in [-0.2, -0.15) is 5.10 Å². The molecule has 3 heterocycles. The number of amides is 2. The number of benzene rings is 1. The Labute approximate surface area is 208 Å². The fourth-order valence-electron chi connectivity index (χ4n) is 5.09. The Morgan fingerprint density at radius 2 is 1.81 bits per heavy atom. The molecule has 5 rings (SSSR count). The summed E-state index contributed by atoms with van der Waals surface area (Å²) in [6, 6.07) is 10.3. The predicted octanol–water partition coefficient (Wildman–Crippen LogP) is 3.82. The summed E-state index contributed by atoms with van der Waals surface area (Å²) < 4.78 is 1.50. The highest BCUT2D eigenvalue weighted by atomic mass is 16.2. The molecule has 1 atom stereocenters. The molecule has 9 nitrogen and oxygen atoms in total. The van der Waals surface area contributed by atoms with E-state index in [2.05, 4.69) is 32.6 Å². The van der Waals surface area contributed by atoms with E-state index in [1.54, 1.807) is 31.7 Å². The van der Waals surface area contributed by atoms with E-state index in [4.69, 9.17) is 0 Å². The number of hydrogen-bond donors (Lipinski definition) is 4. The molecule has 2 amide bonds. The number of aryl methyl sites for hydroxylation is 1. The fraction of sp³-hybridized carbons (Fsp3) is 0.333. The van der Waals surface area contributed by atoms with Crippen molar-refractivity contribution in [2.24, 2.45) is 18.9 Å². The molecule has 0 saturated heterocycles. The Hall–Kier alpha value is -4.14. The maximum atomic E-state index is 13.4. The summed E-state index contributed by atoms with van der Waals surface area (Å²) >= 11 is 0. The number of H-pyrrole nitrogens is 2. The molecule has 1 saturated carbocycles. The lowest BCUT2D eigenvalue weighted by Crippen LogP contribution is -2.49. The molecule has 0 spiro atoms. The van der Waals surface area contributed by atoms with Crippen molar-refractivity contribution in [3.05, 3.63) is 71.0 Å². The fourth-order valence-corrected chi connectivity index (χ4v) is 5.09. The molecule has 0 bridgehead atoms. The molecule has 4 N–H and O–H groups in total. The van der Waals surface area contributed by atoms with Crippen LogP contribution in [0.25, 0.3) is 22.0 Å². The number of fused-ring (bicyclic) bond motifs is 1. The zero-order valence-corrected chi connectivity index (χ0v) is 20.4. The molecule has 1 aliphatic carbocycles. The lowest BCUT2D eigenvalue weighted by molar-refractivity contribution is -0.119. The number of hydrogen-bond acceptors (Lipinski definition) is 4. The van der Waals surface area contributed by atoms with Gasteiger partial charge in [-0.05, 0) is 54.5 Å².